The van der Waals surface area contributed by atoms with E-state index in [2.05, 4.69) is 41.8 Å². The van der Waals surface area contributed by atoms with Gasteiger partial charge in [0, 0.05) is 22.5 Å². The maximum Gasteiger partial charge on any atom is 0.407 e. The van der Waals surface area contributed by atoms with E-state index in [0.29, 0.717) is 0 Å². The zero-order valence-corrected chi connectivity index (χ0v) is 17.4. The monoisotopic (exact) mass is 399 g/mol. The van der Waals surface area contributed by atoms with Gasteiger partial charge < -0.3 is 15.4 Å². The molecule has 4 rings (SSSR count). The van der Waals surface area contributed by atoms with Crippen molar-refractivity contribution in [3.05, 3.63) is 77.9 Å². The molecule has 0 saturated carbocycles. The fraction of sp³-hybridized carbons (Fsp3) is 0.200. The standard InChI is InChI=1S/C25H25N3O2/c1-16(2)26-25(29)30-15-18-9-11-19(12-10-18)27-24-20-6-4-5-7-22(20)28-23-14-17(3)8-13-21(23)24/h4-14,16H,15H2,1-3H3,(H,26,29)(H,27,28). The summed E-state index contributed by atoms with van der Waals surface area (Å²) in [6.07, 6.45) is -0.405. The van der Waals surface area contributed by atoms with Gasteiger partial charge in [-0.3, -0.25) is 0 Å². The average molecular weight is 399 g/mol. The number of aryl methyl sites for hydroxylation is 1. The van der Waals surface area contributed by atoms with Gasteiger partial charge in [0.1, 0.15) is 6.61 Å². The Labute approximate surface area is 176 Å². The van der Waals surface area contributed by atoms with Crippen LogP contribution in [0.1, 0.15) is 25.0 Å². The lowest BCUT2D eigenvalue weighted by molar-refractivity contribution is 0.137. The number of ether oxygens (including phenoxy) is 1. The van der Waals surface area contributed by atoms with E-state index < -0.39 is 6.09 Å². The van der Waals surface area contributed by atoms with E-state index >= 15 is 0 Å². The summed E-state index contributed by atoms with van der Waals surface area (Å²) in [5, 5.41) is 8.44. The van der Waals surface area contributed by atoms with Crippen molar-refractivity contribution in [2.45, 2.75) is 33.4 Å². The number of rotatable bonds is 5. The number of nitrogens with one attached hydrogen (secondary N) is 2. The van der Waals surface area contributed by atoms with Crippen molar-refractivity contribution in [1.82, 2.24) is 10.3 Å². The highest BCUT2D eigenvalue weighted by Gasteiger charge is 2.10. The van der Waals surface area contributed by atoms with Crippen LogP contribution in [0.2, 0.25) is 0 Å². The summed E-state index contributed by atoms with van der Waals surface area (Å²) in [7, 11) is 0. The molecular weight excluding hydrogens is 374 g/mol. The topological polar surface area (TPSA) is 63.2 Å². The molecule has 0 aliphatic carbocycles. The molecule has 5 heteroatoms. The van der Waals surface area contributed by atoms with Crippen LogP contribution >= 0.6 is 0 Å². The van der Waals surface area contributed by atoms with Gasteiger partial charge in [0.15, 0.2) is 0 Å². The smallest absolute Gasteiger partial charge is 0.407 e. The molecule has 0 unspecified atom stereocenters. The van der Waals surface area contributed by atoms with E-state index in [1.54, 1.807) is 0 Å². The predicted octanol–water partition coefficient (Wildman–Crippen LogP) is 6.07. The molecule has 0 bridgehead atoms. The van der Waals surface area contributed by atoms with Crippen molar-refractivity contribution in [1.29, 1.82) is 0 Å². The molecule has 1 aromatic heterocycles. The first-order chi connectivity index (χ1) is 14.5. The summed E-state index contributed by atoms with van der Waals surface area (Å²) in [5.74, 6) is 0. The van der Waals surface area contributed by atoms with E-state index in [0.717, 1.165) is 38.7 Å². The van der Waals surface area contributed by atoms with Gasteiger partial charge in [-0.25, -0.2) is 9.78 Å². The second-order valence-corrected chi connectivity index (χ2v) is 7.72. The SMILES string of the molecule is Cc1ccc2c(Nc3ccc(COC(=O)NC(C)C)cc3)c3ccccc3nc2c1. The molecule has 0 atom stereocenters. The number of benzene rings is 3. The molecule has 0 saturated heterocycles. The number of hydrogen-bond donors (Lipinski definition) is 2. The number of carbonyl (C=O) groups excluding carboxylic acids is 1. The van der Waals surface area contributed by atoms with Crippen molar-refractivity contribution in [3.8, 4) is 0 Å². The Balaban J connectivity index is 1.60. The van der Waals surface area contributed by atoms with Crippen LogP contribution in [0.4, 0.5) is 16.2 Å². The number of nitrogens with zero attached hydrogens (tertiary/aromatic N) is 1. The first-order valence-electron chi connectivity index (χ1n) is 10.1. The number of carbonyl (C=O) groups is 1. The molecule has 5 nitrogen and oxygen atoms in total. The molecular formula is C25H25N3O2. The largest absolute Gasteiger partial charge is 0.445 e. The van der Waals surface area contributed by atoms with Gasteiger partial charge in [-0.1, -0.05) is 42.5 Å². The molecule has 30 heavy (non-hydrogen) atoms. The Hall–Kier alpha value is -3.60. The molecule has 0 fully saturated rings. The third-order valence-electron chi connectivity index (χ3n) is 4.84. The summed E-state index contributed by atoms with van der Waals surface area (Å²) in [5.41, 5.74) is 6.04. The van der Waals surface area contributed by atoms with E-state index in [1.165, 1.54) is 5.56 Å². The lowest BCUT2D eigenvalue weighted by Crippen LogP contribution is -2.30. The highest BCUT2D eigenvalue weighted by atomic mass is 16.5. The maximum atomic E-state index is 11.7. The van der Waals surface area contributed by atoms with Crippen LogP contribution < -0.4 is 10.6 Å². The van der Waals surface area contributed by atoms with Crippen LogP contribution in [0.25, 0.3) is 21.8 Å². The Morgan fingerprint density at radius 3 is 2.47 bits per heavy atom. The van der Waals surface area contributed by atoms with Gasteiger partial charge in [0.2, 0.25) is 0 Å². The number of amides is 1. The second kappa shape index (κ2) is 8.41. The van der Waals surface area contributed by atoms with Gasteiger partial charge in [0.05, 0.1) is 16.7 Å². The Morgan fingerprint density at radius 1 is 0.967 bits per heavy atom. The quantitative estimate of drug-likeness (QED) is 0.400. The molecule has 152 valence electrons. The van der Waals surface area contributed by atoms with Crippen molar-refractivity contribution >= 4 is 39.3 Å². The van der Waals surface area contributed by atoms with Gasteiger partial charge >= 0.3 is 6.09 Å². The predicted molar refractivity (Wildman–Crippen MR) is 122 cm³/mol. The lowest BCUT2D eigenvalue weighted by atomic mass is 10.1. The molecule has 2 N–H and O–H groups in total. The number of pyridine rings is 1. The Morgan fingerprint density at radius 2 is 1.70 bits per heavy atom. The number of alkyl carbamates (subject to hydrolysis) is 1. The molecule has 4 aromatic rings. The number of aromatic nitrogens is 1. The van der Waals surface area contributed by atoms with Gasteiger partial charge in [-0.2, -0.15) is 0 Å². The summed E-state index contributed by atoms with van der Waals surface area (Å²) in [6.45, 7) is 6.11. The molecule has 0 aliphatic rings. The Bertz CT molecular complexity index is 1200. The number of hydrogen-bond acceptors (Lipinski definition) is 4. The maximum absolute atomic E-state index is 11.7. The van der Waals surface area contributed by atoms with Crippen LogP contribution in [-0.2, 0) is 11.3 Å². The van der Waals surface area contributed by atoms with Gasteiger partial charge in [-0.15, -0.1) is 0 Å². The molecule has 1 amide bonds. The summed E-state index contributed by atoms with van der Waals surface area (Å²) in [6, 6.07) is 22.4. The van der Waals surface area contributed by atoms with Crippen LogP contribution in [0.15, 0.2) is 66.7 Å². The zero-order chi connectivity index (χ0) is 21.1. The first kappa shape index (κ1) is 19.7. The molecule has 3 aromatic carbocycles. The highest BCUT2D eigenvalue weighted by Crippen LogP contribution is 2.33. The van der Waals surface area contributed by atoms with Crippen LogP contribution in [0.3, 0.4) is 0 Å². The number of fused-ring (bicyclic) bond motifs is 2. The molecule has 0 radical (unpaired) electrons. The molecule has 0 aliphatic heterocycles. The summed E-state index contributed by atoms with van der Waals surface area (Å²) in [4.78, 5) is 16.5. The third-order valence-corrected chi connectivity index (χ3v) is 4.84. The minimum absolute atomic E-state index is 0.0536. The van der Waals surface area contributed by atoms with E-state index in [1.807, 2.05) is 56.3 Å². The van der Waals surface area contributed by atoms with Crippen molar-refractivity contribution in [2.75, 3.05) is 5.32 Å². The Kier molecular flexibility index (Phi) is 5.53. The average Bonchev–Trinajstić information content (AvgIpc) is 2.72. The third kappa shape index (κ3) is 4.35. The van der Waals surface area contributed by atoms with Gasteiger partial charge in [-0.05, 0) is 56.2 Å². The molecule has 1 heterocycles. The van der Waals surface area contributed by atoms with Crippen molar-refractivity contribution < 1.29 is 9.53 Å². The van der Waals surface area contributed by atoms with Gasteiger partial charge in [0.25, 0.3) is 0 Å². The second-order valence-electron chi connectivity index (χ2n) is 7.72. The zero-order valence-electron chi connectivity index (χ0n) is 17.4. The van der Waals surface area contributed by atoms with Crippen molar-refractivity contribution in [2.24, 2.45) is 0 Å². The normalized spacial score (nSPS) is 11.1. The molecule has 0 spiro atoms. The van der Waals surface area contributed by atoms with E-state index in [9.17, 15) is 4.79 Å². The summed E-state index contributed by atoms with van der Waals surface area (Å²) >= 11 is 0. The minimum Gasteiger partial charge on any atom is -0.445 e. The number of anilines is 2. The van der Waals surface area contributed by atoms with Crippen LogP contribution in [-0.4, -0.2) is 17.1 Å². The first-order valence-corrected chi connectivity index (χ1v) is 10.1. The number of para-hydroxylation sites is 1. The highest BCUT2D eigenvalue weighted by molar-refractivity contribution is 6.08. The fourth-order valence-electron chi connectivity index (χ4n) is 3.39. The van der Waals surface area contributed by atoms with E-state index in [4.69, 9.17) is 9.72 Å². The van der Waals surface area contributed by atoms with Crippen LogP contribution in [0, 0.1) is 6.92 Å². The summed E-state index contributed by atoms with van der Waals surface area (Å²) < 4.78 is 5.24. The fourth-order valence-corrected chi connectivity index (χ4v) is 3.39. The van der Waals surface area contributed by atoms with Crippen molar-refractivity contribution in [3.63, 3.8) is 0 Å². The van der Waals surface area contributed by atoms with E-state index in [-0.39, 0.29) is 12.6 Å². The lowest BCUT2D eigenvalue weighted by Gasteiger charge is -2.14. The van der Waals surface area contributed by atoms with Crippen LogP contribution in [0.5, 0.6) is 0 Å². The minimum atomic E-state index is -0.405.